The largest absolute Gasteiger partial charge is 0.500 e. The molecule has 0 aromatic rings. The first-order chi connectivity index (χ1) is 13.0. The molecule has 0 unspecified atom stereocenters. The van der Waals surface area contributed by atoms with Gasteiger partial charge in [0, 0.05) is 38.5 Å². The molecule has 1 N–H and O–H groups in total. The van der Waals surface area contributed by atoms with Crippen LogP contribution in [0.4, 0.5) is 4.79 Å². The van der Waals surface area contributed by atoms with Crippen molar-refractivity contribution >= 4 is 20.9 Å². The van der Waals surface area contributed by atoms with Gasteiger partial charge >= 0.3 is 20.9 Å². The second-order valence-electron chi connectivity index (χ2n) is 5.13. The Hall–Kier alpha value is -1.46. The van der Waals surface area contributed by atoms with Crippen LogP contribution in [0.1, 0.15) is 27.2 Å². The second-order valence-corrected chi connectivity index (χ2v) is 7.86. The van der Waals surface area contributed by atoms with E-state index in [0.717, 1.165) is 6.08 Å². The van der Waals surface area contributed by atoms with Gasteiger partial charge in [0.15, 0.2) is 0 Å². The van der Waals surface area contributed by atoms with Crippen LogP contribution in [0.15, 0.2) is 12.7 Å². The monoisotopic (exact) mass is 407 g/mol. The maximum atomic E-state index is 11.6. The number of carbonyl (C=O) groups excluding carboxylic acids is 2. The molecule has 0 spiro atoms. The Morgan fingerprint density at radius 2 is 1.48 bits per heavy atom. The minimum absolute atomic E-state index is 0.108. The van der Waals surface area contributed by atoms with Gasteiger partial charge in [0.05, 0.1) is 13.2 Å². The molecule has 0 aliphatic carbocycles. The van der Waals surface area contributed by atoms with E-state index in [4.69, 9.17) is 27.5 Å². The molecule has 0 saturated carbocycles. The van der Waals surface area contributed by atoms with E-state index in [0.29, 0.717) is 38.8 Å². The van der Waals surface area contributed by atoms with Gasteiger partial charge in [-0.15, -0.1) is 0 Å². The van der Waals surface area contributed by atoms with Crippen molar-refractivity contribution in [2.75, 3.05) is 52.8 Å². The Morgan fingerprint density at radius 1 is 0.926 bits per heavy atom. The Bertz CT molecular complexity index is 405. The molecule has 10 heteroatoms. The third kappa shape index (κ3) is 13.4. The van der Waals surface area contributed by atoms with Crippen molar-refractivity contribution in [3.63, 3.8) is 0 Å². The van der Waals surface area contributed by atoms with Gasteiger partial charge in [-0.2, -0.15) is 0 Å². The fraction of sp³-hybridized carbons (Fsp3) is 0.765. The van der Waals surface area contributed by atoms with Crippen LogP contribution in [0.2, 0.25) is 6.04 Å². The van der Waals surface area contributed by atoms with E-state index >= 15 is 0 Å². The smallest absolute Gasteiger partial charge is 0.460 e. The van der Waals surface area contributed by atoms with Crippen molar-refractivity contribution in [2.45, 2.75) is 33.2 Å². The predicted molar refractivity (Wildman–Crippen MR) is 101 cm³/mol. The lowest BCUT2D eigenvalue weighted by atomic mass is 10.5. The van der Waals surface area contributed by atoms with Crippen molar-refractivity contribution < 1.29 is 37.1 Å². The maximum Gasteiger partial charge on any atom is 0.500 e. The van der Waals surface area contributed by atoms with Crippen molar-refractivity contribution in [1.29, 1.82) is 0 Å². The molecule has 0 aromatic heterocycles. The molecular weight excluding hydrogens is 374 g/mol. The Balaban J connectivity index is 3.82. The standard InChI is InChI=1S/C17H33NO8Si/c1-5-16(19)22-13-11-21-12-14-23-17(20)18-10-9-15-27(24-6-2,25-7-3)26-8-4/h5H,1,6-15H2,2-4H3,(H,18,20). The first kappa shape index (κ1) is 25.5. The van der Waals surface area contributed by atoms with E-state index in [2.05, 4.69) is 11.9 Å². The third-order valence-electron chi connectivity index (χ3n) is 3.12. The van der Waals surface area contributed by atoms with E-state index in [1.165, 1.54) is 0 Å². The summed E-state index contributed by atoms with van der Waals surface area (Å²) in [7, 11) is -2.68. The molecule has 158 valence electrons. The molecule has 9 nitrogen and oxygen atoms in total. The summed E-state index contributed by atoms with van der Waals surface area (Å²) in [5.41, 5.74) is 0. The van der Waals surface area contributed by atoms with Gasteiger partial charge in [0.2, 0.25) is 0 Å². The molecule has 1 amide bonds. The molecule has 27 heavy (non-hydrogen) atoms. The topological polar surface area (TPSA) is 102 Å². The molecule has 0 radical (unpaired) electrons. The lowest BCUT2D eigenvalue weighted by Crippen LogP contribution is -2.46. The summed E-state index contributed by atoms with van der Waals surface area (Å²) >= 11 is 0. The first-order valence-corrected chi connectivity index (χ1v) is 11.2. The highest BCUT2D eigenvalue weighted by Crippen LogP contribution is 2.17. The average Bonchev–Trinajstić information content (AvgIpc) is 2.65. The molecule has 0 heterocycles. The fourth-order valence-electron chi connectivity index (χ4n) is 2.10. The third-order valence-corrected chi connectivity index (χ3v) is 6.27. The number of alkyl carbamates (subject to hydrolysis) is 1. The normalized spacial score (nSPS) is 11.1. The van der Waals surface area contributed by atoms with Gasteiger partial charge in [-0.05, 0) is 27.2 Å². The van der Waals surface area contributed by atoms with Gasteiger partial charge in [-0.25, -0.2) is 9.59 Å². The Kier molecular flexibility index (Phi) is 15.8. The van der Waals surface area contributed by atoms with Gasteiger partial charge in [-0.1, -0.05) is 6.58 Å². The summed E-state index contributed by atoms with van der Waals surface area (Å²) in [4.78, 5) is 22.4. The highest BCUT2D eigenvalue weighted by molar-refractivity contribution is 6.60. The lowest BCUT2D eigenvalue weighted by molar-refractivity contribution is -0.139. The van der Waals surface area contributed by atoms with Crippen LogP contribution in [0.25, 0.3) is 0 Å². The average molecular weight is 408 g/mol. The zero-order valence-electron chi connectivity index (χ0n) is 16.6. The summed E-state index contributed by atoms with van der Waals surface area (Å²) in [6, 6.07) is 0.620. The molecule has 0 rings (SSSR count). The molecule has 0 fully saturated rings. The van der Waals surface area contributed by atoms with Crippen LogP contribution in [0.5, 0.6) is 0 Å². The number of nitrogens with one attached hydrogen (secondary N) is 1. The Labute approximate surface area is 162 Å². The van der Waals surface area contributed by atoms with E-state index in [9.17, 15) is 9.59 Å². The van der Waals surface area contributed by atoms with Gasteiger partial charge < -0.3 is 32.8 Å². The number of rotatable bonds is 17. The van der Waals surface area contributed by atoms with E-state index in [1.54, 1.807) is 0 Å². The lowest BCUT2D eigenvalue weighted by Gasteiger charge is -2.28. The number of esters is 1. The van der Waals surface area contributed by atoms with Gasteiger partial charge in [0.25, 0.3) is 0 Å². The second kappa shape index (κ2) is 16.7. The SMILES string of the molecule is C=CC(=O)OCCOCCOC(=O)NCCC[Si](OCC)(OCC)OCC. The molecular formula is C17H33NO8Si. The van der Waals surface area contributed by atoms with Crippen LogP contribution in [0, 0.1) is 0 Å². The van der Waals surface area contributed by atoms with Crippen molar-refractivity contribution in [3.8, 4) is 0 Å². The highest BCUT2D eigenvalue weighted by Gasteiger charge is 2.39. The number of amides is 1. The van der Waals surface area contributed by atoms with Crippen LogP contribution < -0.4 is 5.32 Å². The number of hydrogen-bond donors (Lipinski definition) is 1. The molecule has 0 atom stereocenters. The number of ether oxygens (including phenoxy) is 3. The summed E-state index contributed by atoms with van der Waals surface area (Å²) in [6.45, 7) is 11.7. The molecule has 0 bridgehead atoms. The Morgan fingerprint density at radius 3 is 2.00 bits per heavy atom. The summed E-state index contributed by atoms with van der Waals surface area (Å²) in [6.07, 6.45) is 1.22. The predicted octanol–water partition coefficient (Wildman–Crippen LogP) is 1.90. The van der Waals surface area contributed by atoms with Crippen molar-refractivity contribution in [2.24, 2.45) is 0 Å². The minimum Gasteiger partial charge on any atom is -0.460 e. The van der Waals surface area contributed by atoms with E-state index < -0.39 is 20.9 Å². The summed E-state index contributed by atoms with van der Waals surface area (Å²) in [5, 5.41) is 2.66. The summed E-state index contributed by atoms with van der Waals surface area (Å²) < 4.78 is 32.1. The quantitative estimate of drug-likeness (QED) is 0.169. The van der Waals surface area contributed by atoms with E-state index in [-0.39, 0.29) is 26.4 Å². The molecule has 0 saturated heterocycles. The first-order valence-electron chi connectivity index (χ1n) is 9.22. The van der Waals surface area contributed by atoms with Crippen LogP contribution in [-0.2, 0) is 32.3 Å². The number of hydrogen-bond acceptors (Lipinski definition) is 8. The maximum absolute atomic E-state index is 11.6. The molecule has 0 aliphatic heterocycles. The van der Waals surface area contributed by atoms with Crippen LogP contribution in [-0.4, -0.2) is 73.7 Å². The van der Waals surface area contributed by atoms with Gasteiger partial charge in [0.1, 0.15) is 13.2 Å². The van der Waals surface area contributed by atoms with Crippen molar-refractivity contribution in [3.05, 3.63) is 12.7 Å². The van der Waals surface area contributed by atoms with Crippen LogP contribution in [0.3, 0.4) is 0 Å². The van der Waals surface area contributed by atoms with Crippen LogP contribution >= 0.6 is 0 Å². The van der Waals surface area contributed by atoms with Crippen molar-refractivity contribution in [1.82, 2.24) is 5.32 Å². The van der Waals surface area contributed by atoms with E-state index in [1.807, 2.05) is 20.8 Å². The molecule has 0 aromatic carbocycles. The zero-order valence-corrected chi connectivity index (χ0v) is 17.6. The van der Waals surface area contributed by atoms with Gasteiger partial charge in [-0.3, -0.25) is 0 Å². The molecule has 0 aliphatic rings. The summed E-state index contributed by atoms with van der Waals surface area (Å²) in [5.74, 6) is -0.501. The highest BCUT2D eigenvalue weighted by atomic mass is 28.4. The fourth-order valence-corrected chi connectivity index (χ4v) is 4.72. The number of carbonyl (C=O) groups is 2. The minimum atomic E-state index is -2.68. The zero-order chi connectivity index (χ0) is 20.4.